The average Bonchev–Trinajstić information content (AvgIpc) is 2.93. The molecule has 8 heteroatoms. The molecule has 1 aromatic carbocycles. The molecule has 2 atom stereocenters. The van der Waals surface area contributed by atoms with Crippen molar-refractivity contribution in [2.75, 3.05) is 6.54 Å². The smallest absolute Gasteiger partial charge is 0.352 e. The highest BCUT2D eigenvalue weighted by Crippen LogP contribution is 2.33. The maximum atomic E-state index is 13.0. The molecule has 0 radical (unpaired) electrons. The quantitative estimate of drug-likeness (QED) is 0.815. The van der Waals surface area contributed by atoms with Gasteiger partial charge in [0, 0.05) is 12.5 Å². The number of rotatable bonds is 4. The zero-order valence-corrected chi connectivity index (χ0v) is 13.1. The van der Waals surface area contributed by atoms with Gasteiger partial charge < -0.3 is 11.1 Å². The average molecular weight is 355 g/mol. The Hall–Kier alpha value is -1.34. The summed E-state index contributed by atoms with van der Waals surface area (Å²) in [5, 5.41) is 2.52. The highest BCUT2D eigenvalue weighted by molar-refractivity contribution is 5.85. The molecule has 1 fully saturated rings. The molecule has 1 amide bonds. The monoisotopic (exact) mass is 354 g/mol. The molecular formula is C15H19ClF4N2O. The van der Waals surface area contributed by atoms with Gasteiger partial charge in [-0.2, -0.15) is 13.2 Å². The number of hydrogen-bond donors (Lipinski definition) is 2. The van der Waals surface area contributed by atoms with Gasteiger partial charge in [0.1, 0.15) is 5.82 Å². The second kappa shape index (κ2) is 7.97. The molecular weight excluding hydrogens is 336 g/mol. The zero-order valence-electron chi connectivity index (χ0n) is 12.3. The maximum absolute atomic E-state index is 13.0. The van der Waals surface area contributed by atoms with Crippen molar-refractivity contribution in [2.24, 2.45) is 17.6 Å². The number of nitrogens with two attached hydrogens (primary N) is 1. The molecule has 0 unspecified atom stereocenters. The van der Waals surface area contributed by atoms with Crippen molar-refractivity contribution in [2.45, 2.75) is 32.0 Å². The van der Waals surface area contributed by atoms with Crippen LogP contribution in [0, 0.1) is 17.7 Å². The third kappa shape index (κ3) is 4.81. The van der Waals surface area contributed by atoms with E-state index in [-0.39, 0.29) is 42.3 Å². The zero-order chi connectivity index (χ0) is 16.3. The molecule has 2 rings (SSSR count). The number of halogens is 5. The molecule has 0 aromatic heterocycles. The maximum Gasteiger partial charge on any atom is 0.416 e. The summed E-state index contributed by atoms with van der Waals surface area (Å²) >= 11 is 0. The van der Waals surface area contributed by atoms with Gasteiger partial charge in [0.25, 0.3) is 0 Å². The van der Waals surface area contributed by atoms with Crippen LogP contribution in [0.2, 0.25) is 0 Å². The Morgan fingerprint density at radius 3 is 2.61 bits per heavy atom. The molecule has 3 N–H and O–H groups in total. The number of nitrogens with one attached hydrogen (secondary N) is 1. The Labute approximate surface area is 138 Å². The molecule has 23 heavy (non-hydrogen) atoms. The Morgan fingerprint density at radius 1 is 1.30 bits per heavy atom. The van der Waals surface area contributed by atoms with Crippen LogP contribution in [0.5, 0.6) is 0 Å². The van der Waals surface area contributed by atoms with Crippen LogP contribution >= 0.6 is 12.4 Å². The standard InChI is InChI=1S/C15H18F4N2O.ClH/c16-11-5-4-10(13(6-11)15(17,18)19)8-21-14(22)12-3-1-2-9(12)7-20;/h4-6,9,12H,1-3,7-8,20H2,(H,21,22);1H/t9-,12-;/m1./s1. The third-order valence-corrected chi connectivity index (χ3v) is 4.13. The molecule has 0 spiro atoms. The van der Waals surface area contributed by atoms with Crippen LogP contribution in [0.4, 0.5) is 17.6 Å². The Kier molecular flexibility index (Phi) is 6.83. The number of alkyl halides is 3. The number of carbonyl (C=O) groups excluding carboxylic acids is 1. The third-order valence-electron chi connectivity index (χ3n) is 4.13. The first-order valence-corrected chi connectivity index (χ1v) is 7.16. The predicted molar refractivity (Wildman–Crippen MR) is 80.4 cm³/mol. The molecule has 0 bridgehead atoms. The lowest BCUT2D eigenvalue weighted by Gasteiger charge is -2.18. The van der Waals surface area contributed by atoms with E-state index in [0.717, 1.165) is 25.0 Å². The van der Waals surface area contributed by atoms with E-state index in [2.05, 4.69) is 5.32 Å². The van der Waals surface area contributed by atoms with Gasteiger partial charge in [-0.3, -0.25) is 4.79 Å². The lowest BCUT2D eigenvalue weighted by Crippen LogP contribution is -2.35. The van der Waals surface area contributed by atoms with E-state index in [1.54, 1.807) is 0 Å². The summed E-state index contributed by atoms with van der Waals surface area (Å²) in [5.41, 5.74) is 4.39. The van der Waals surface area contributed by atoms with E-state index >= 15 is 0 Å². The molecule has 0 saturated heterocycles. The molecule has 1 aromatic rings. The first-order valence-electron chi connectivity index (χ1n) is 7.16. The Bertz CT molecular complexity index is 551. The van der Waals surface area contributed by atoms with Crippen LogP contribution in [-0.4, -0.2) is 12.5 Å². The van der Waals surface area contributed by atoms with Crippen LogP contribution in [0.25, 0.3) is 0 Å². The molecule has 3 nitrogen and oxygen atoms in total. The predicted octanol–water partition coefficient (Wildman–Crippen LogP) is 3.26. The number of amides is 1. The summed E-state index contributed by atoms with van der Waals surface area (Å²) < 4.78 is 51.6. The molecule has 1 saturated carbocycles. The van der Waals surface area contributed by atoms with E-state index in [4.69, 9.17) is 5.73 Å². The van der Waals surface area contributed by atoms with E-state index < -0.39 is 17.6 Å². The van der Waals surface area contributed by atoms with Crippen molar-refractivity contribution < 1.29 is 22.4 Å². The van der Waals surface area contributed by atoms with E-state index in [0.29, 0.717) is 19.0 Å². The molecule has 0 heterocycles. The number of hydrogen-bond acceptors (Lipinski definition) is 2. The summed E-state index contributed by atoms with van der Waals surface area (Å²) in [7, 11) is 0. The van der Waals surface area contributed by atoms with Crippen molar-refractivity contribution in [3.05, 3.63) is 35.1 Å². The van der Waals surface area contributed by atoms with E-state index in [1.165, 1.54) is 0 Å². The van der Waals surface area contributed by atoms with Gasteiger partial charge in [-0.25, -0.2) is 4.39 Å². The molecule has 1 aliphatic rings. The first-order chi connectivity index (χ1) is 10.3. The van der Waals surface area contributed by atoms with Crippen LogP contribution < -0.4 is 11.1 Å². The van der Waals surface area contributed by atoms with Gasteiger partial charge in [0.05, 0.1) is 5.56 Å². The second-order valence-corrected chi connectivity index (χ2v) is 5.55. The molecule has 1 aliphatic carbocycles. The highest BCUT2D eigenvalue weighted by atomic mass is 35.5. The van der Waals surface area contributed by atoms with Crippen molar-refractivity contribution >= 4 is 18.3 Å². The topological polar surface area (TPSA) is 55.1 Å². The van der Waals surface area contributed by atoms with Crippen molar-refractivity contribution in [3.63, 3.8) is 0 Å². The van der Waals surface area contributed by atoms with Crippen LogP contribution in [0.1, 0.15) is 30.4 Å². The fourth-order valence-electron chi connectivity index (χ4n) is 2.94. The van der Waals surface area contributed by atoms with E-state index in [1.807, 2.05) is 0 Å². The van der Waals surface area contributed by atoms with Crippen molar-refractivity contribution in [3.8, 4) is 0 Å². The van der Waals surface area contributed by atoms with Gasteiger partial charge in [-0.05, 0) is 43.0 Å². The lowest BCUT2D eigenvalue weighted by atomic mass is 9.95. The Balaban J connectivity index is 0.00000264. The van der Waals surface area contributed by atoms with Gasteiger partial charge in [-0.1, -0.05) is 12.5 Å². The largest absolute Gasteiger partial charge is 0.416 e. The lowest BCUT2D eigenvalue weighted by molar-refractivity contribution is -0.138. The summed E-state index contributed by atoms with van der Waals surface area (Å²) in [5.74, 6) is -1.41. The SMILES string of the molecule is Cl.NC[C@H]1CCC[C@H]1C(=O)NCc1ccc(F)cc1C(F)(F)F. The highest BCUT2D eigenvalue weighted by Gasteiger charge is 2.35. The van der Waals surface area contributed by atoms with Gasteiger partial charge >= 0.3 is 6.18 Å². The minimum Gasteiger partial charge on any atom is -0.352 e. The molecule has 130 valence electrons. The number of carbonyl (C=O) groups is 1. The van der Waals surface area contributed by atoms with Gasteiger partial charge in [0.2, 0.25) is 5.91 Å². The summed E-state index contributed by atoms with van der Waals surface area (Å²) in [6.07, 6.45) is -2.21. The van der Waals surface area contributed by atoms with Crippen LogP contribution in [0.15, 0.2) is 18.2 Å². The Morgan fingerprint density at radius 2 is 2.00 bits per heavy atom. The second-order valence-electron chi connectivity index (χ2n) is 5.55. The van der Waals surface area contributed by atoms with Crippen LogP contribution in [-0.2, 0) is 17.5 Å². The fourth-order valence-corrected chi connectivity index (χ4v) is 2.94. The fraction of sp³-hybridized carbons (Fsp3) is 0.533. The minimum absolute atomic E-state index is 0. The number of benzene rings is 1. The van der Waals surface area contributed by atoms with E-state index in [9.17, 15) is 22.4 Å². The molecule has 0 aliphatic heterocycles. The van der Waals surface area contributed by atoms with Crippen molar-refractivity contribution in [1.82, 2.24) is 5.32 Å². The summed E-state index contributed by atoms with van der Waals surface area (Å²) in [6.45, 7) is 0.115. The van der Waals surface area contributed by atoms with Gasteiger partial charge in [0.15, 0.2) is 0 Å². The summed E-state index contributed by atoms with van der Waals surface area (Å²) in [6, 6.07) is 2.45. The van der Waals surface area contributed by atoms with Gasteiger partial charge in [-0.15, -0.1) is 12.4 Å². The minimum atomic E-state index is -4.66. The first kappa shape index (κ1) is 19.7. The summed E-state index contributed by atoms with van der Waals surface area (Å²) in [4.78, 5) is 12.1. The van der Waals surface area contributed by atoms with Crippen molar-refractivity contribution in [1.29, 1.82) is 0 Å². The normalized spacial score (nSPS) is 20.9. The van der Waals surface area contributed by atoms with Crippen LogP contribution in [0.3, 0.4) is 0 Å².